The molecule has 0 amide bonds. The fourth-order valence-corrected chi connectivity index (χ4v) is 7.66. The molecule has 4 unspecified atom stereocenters. The molecule has 2 saturated heterocycles. The van der Waals surface area contributed by atoms with Gasteiger partial charge in [0.2, 0.25) is 22.2 Å². The normalized spacial score (nSPS) is 29.5. The Bertz CT molecular complexity index is 2200. The van der Waals surface area contributed by atoms with Crippen LogP contribution in [-0.2, 0) is 22.6 Å². The second-order valence-electron chi connectivity index (χ2n) is 13.7. The first-order chi connectivity index (χ1) is 27.1. The summed E-state index contributed by atoms with van der Waals surface area (Å²) >= 11 is 12.8. The highest BCUT2D eigenvalue weighted by atomic mass is 35.5. The molecule has 24 nitrogen and oxygen atoms in total. The molecule has 6 N–H and O–H groups in total. The van der Waals surface area contributed by atoms with E-state index >= 15 is 0 Å². The van der Waals surface area contributed by atoms with Crippen LogP contribution in [0.5, 0.6) is 0 Å². The summed E-state index contributed by atoms with van der Waals surface area (Å²) in [7, 11) is 0. The number of ether oxygens (including phenoxy) is 2. The Labute approximate surface area is 325 Å². The van der Waals surface area contributed by atoms with E-state index in [9.17, 15) is 20.4 Å². The van der Waals surface area contributed by atoms with Crippen LogP contribution in [0.4, 0.5) is 11.6 Å². The number of rotatable bonds is 10. The van der Waals surface area contributed by atoms with Gasteiger partial charge in [-0.25, -0.2) is 9.97 Å². The van der Waals surface area contributed by atoms with Crippen molar-refractivity contribution in [1.29, 1.82) is 0 Å². The lowest BCUT2D eigenvalue weighted by Gasteiger charge is -2.30. The summed E-state index contributed by atoms with van der Waals surface area (Å²) in [5.74, 6) is 1.12. The van der Waals surface area contributed by atoms with E-state index in [-0.39, 0.29) is 34.3 Å². The number of aryl methyl sites for hydroxylation is 2. The number of anilines is 2. The van der Waals surface area contributed by atoms with E-state index in [1.807, 2.05) is 13.8 Å². The van der Waals surface area contributed by atoms with Gasteiger partial charge in [0, 0.05) is 12.1 Å². The standard InChI is InChI=1S/C30H36Cl2N18O6/c1-3-49-43-23(41-45-49)19-15(51)17(53)27(55-19)47-9-33-13-21(37-29(31)39-25(13)47)35-11-5-7-12(8-6-11)36-22-14-26(40-30(32)38-22)48(10-34-14)28-18(54)16(52)20(56-28)24-42-46-50(4-2)44-24/h9-12,15-20,27-28,51-54H,3-8H2,1-2H3,(H,35,37,39)(H,36,38,40)/t11?,12?,15-,16-,17+,18+,19?,20?,27?,28?/m0/s1. The van der Waals surface area contributed by atoms with Gasteiger partial charge in [-0.1, -0.05) is 0 Å². The molecular weight excluding hydrogens is 779 g/mol. The van der Waals surface area contributed by atoms with Gasteiger partial charge in [0.25, 0.3) is 0 Å². The summed E-state index contributed by atoms with van der Waals surface area (Å²) in [6.45, 7) is 4.65. The average molecular weight is 816 g/mol. The molecule has 26 heteroatoms. The van der Waals surface area contributed by atoms with Crippen LogP contribution in [0.2, 0.25) is 10.6 Å². The van der Waals surface area contributed by atoms with E-state index in [0.717, 1.165) is 25.7 Å². The Morgan fingerprint density at radius 1 is 0.643 bits per heavy atom. The van der Waals surface area contributed by atoms with Crippen molar-refractivity contribution < 1.29 is 29.9 Å². The SMILES string of the molecule is CCn1nnc(C2OC(n3cnc4c(NC5CCC(Nc6nc(Cl)nc7c6ncn7C6OC(c7nnn(CC)n7)[C@@H](O)[C@H]6O)CC5)nc(Cl)nc43)[C@H](O)[C@@H]2O)n1. The number of imidazole rings is 2. The largest absolute Gasteiger partial charge is 0.387 e. The molecule has 6 aromatic rings. The van der Waals surface area contributed by atoms with Crippen LogP contribution in [0.1, 0.15) is 75.8 Å². The van der Waals surface area contributed by atoms with Crippen molar-refractivity contribution in [3.05, 3.63) is 34.9 Å². The lowest BCUT2D eigenvalue weighted by molar-refractivity contribution is -0.0384. The van der Waals surface area contributed by atoms with Crippen LogP contribution in [0.25, 0.3) is 22.3 Å². The number of tetrazole rings is 2. The number of aromatic nitrogens is 16. The molecule has 3 aliphatic rings. The number of hydrogen-bond donors (Lipinski definition) is 6. The number of hydrogen-bond acceptors (Lipinski definition) is 20. The summed E-state index contributed by atoms with van der Waals surface area (Å²) in [6, 6.07) is 0.00212. The molecule has 9 rings (SSSR count). The van der Waals surface area contributed by atoms with E-state index in [1.165, 1.54) is 31.4 Å². The molecule has 0 aromatic carbocycles. The number of fused-ring (bicyclic) bond motifs is 2. The zero-order valence-electron chi connectivity index (χ0n) is 29.7. The van der Waals surface area contributed by atoms with Gasteiger partial charge in [-0.05, 0) is 73.2 Å². The third-order valence-electron chi connectivity index (χ3n) is 10.2. The van der Waals surface area contributed by atoms with Crippen molar-refractivity contribution in [2.45, 2.75) is 114 Å². The van der Waals surface area contributed by atoms with Crippen molar-refractivity contribution in [2.24, 2.45) is 0 Å². The van der Waals surface area contributed by atoms with E-state index in [1.54, 1.807) is 0 Å². The van der Waals surface area contributed by atoms with Gasteiger partial charge >= 0.3 is 0 Å². The Morgan fingerprint density at radius 2 is 1.05 bits per heavy atom. The third-order valence-corrected chi connectivity index (χ3v) is 10.6. The number of halogens is 2. The molecule has 56 heavy (non-hydrogen) atoms. The average Bonchev–Trinajstić information content (AvgIpc) is 4.05. The quantitative estimate of drug-likeness (QED) is 0.1000. The number of nitrogens with one attached hydrogen (secondary N) is 2. The van der Waals surface area contributed by atoms with E-state index < -0.39 is 49.1 Å². The van der Waals surface area contributed by atoms with Gasteiger partial charge in [-0.15, -0.1) is 20.4 Å². The number of aliphatic hydroxyl groups excluding tert-OH is 4. The maximum Gasteiger partial charge on any atom is 0.226 e. The molecular formula is C30H36Cl2N18O6. The highest BCUT2D eigenvalue weighted by Gasteiger charge is 2.48. The van der Waals surface area contributed by atoms with Crippen LogP contribution in [0, 0.1) is 0 Å². The molecule has 8 atom stereocenters. The molecule has 1 aliphatic carbocycles. The van der Waals surface area contributed by atoms with Crippen molar-refractivity contribution in [3.8, 4) is 0 Å². The van der Waals surface area contributed by atoms with Gasteiger partial charge in [0.05, 0.1) is 25.7 Å². The maximum absolute atomic E-state index is 11.0. The Kier molecular flexibility index (Phi) is 9.59. The first kappa shape index (κ1) is 36.8. The first-order valence-corrected chi connectivity index (χ1v) is 18.8. The minimum absolute atomic E-state index is 0.00106. The molecule has 6 aromatic heterocycles. The number of aliphatic hydroxyl groups is 4. The van der Waals surface area contributed by atoms with E-state index in [2.05, 4.69) is 71.4 Å². The zero-order chi connectivity index (χ0) is 38.8. The van der Waals surface area contributed by atoms with Crippen LogP contribution < -0.4 is 10.6 Å². The summed E-state index contributed by atoms with van der Waals surface area (Å²) in [4.78, 5) is 29.3. The minimum Gasteiger partial charge on any atom is -0.387 e. The van der Waals surface area contributed by atoms with Crippen molar-refractivity contribution in [2.75, 3.05) is 10.6 Å². The van der Waals surface area contributed by atoms with Gasteiger partial charge in [0.1, 0.15) is 24.4 Å². The second kappa shape index (κ2) is 14.6. The highest BCUT2D eigenvalue weighted by Crippen LogP contribution is 2.41. The van der Waals surface area contributed by atoms with Gasteiger partial charge in [-0.2, -0.15) is 29.5 Å². The fraction of sp³-hybridized carbons (Fsp3) is 0.600. The summed E-state index contributed by atoms with van der Waals surface area (Å²) in [6.07, 6.45) is -3.68. The molecule has 0 radical (unpaired) electrons. The van der Waals surface area contributed by atoms with Crippen LogP contribution in [0.3, 0.4) is 0 Å². The van der Waals surface area contributed by atoms with Crippen LogP contribution >= 0.6 is 23.2 Å². The summed E-state index contributed by atoms with van der Waals surface area (Å²) in [5, 5.41) is 74.6. The first-order valence-electron chi connectivity index (χ1n) is 18.0. The lowest BCUT2D eigenvalue weighted by atomic mass is 9.91. The third kappa shape index (κ3) is 6.44. The zero-order valence-corrected chi connectivity index (χ0v) is 31.2. The van der Waals surface area contributed by atoms with Crippen LogP contribution in [0.15, 0.2) is 12.7 Å². The highest BCUT2D eigenvalue weighted by molar-refractivity contribution is 6.29. The Balaban J connectivity index is 0.873. The monoisotopic (exact) mass is 814 g/mol. The van der Waals surface area contributed by atoms with E-state index in [0.29, 0.717) is 47.1 Å². The summed E-state index contributed by atoms with van der Waals surface area (Å²) in [5.41, 5.74) is 1.42. The van der Waals surface area contributed by atoms with Crippen molar-refractivity contribution in [3.63, 3.8) is 0 Å². The molecule has 0 bridgehead atoms. The van der Waals surface area contributed by atoms with Gasteiger partial charge in [0.15, 0.2) is 58.6 Å². The second-order valence-corrected chi connectivity index (χ2v) is 14.4. The van der Waals surface area contributed by atoms with E-state index in [4.69, 9.17) is 32.7 Å². The van der Waals surface area contributed by atoms with Crippen molar-refractivity contribution >= 4 is 57.2 Å². The molecule has 296 valence electrons. The van der Waals surface area contributed by atoms with Gasteiger partial charge < -0.3 is 40.5 Å². The molecule has 3 fully saturated rings. The fourth-order valence-electron chi connectivity index (χ4n) is 7.33. The maximum atomic E-state index is 11.0. The smallest absolute Gasteiger partial charge is 0.226 e. The molecule has 2 aliphatic heterocycles. The topological polar surface area (TPSA) is 298 Å². The van der Waals surface area contributed by atoms with Crippen LogP contribution in [-0.4, -0.2) is 136 Å². The Hall–Kier alpha value is -4.82. The Morgan fingerprint density at radius 3 is 1.43 bits per heavy atom. The van der Waals surface area contributed by atoms with Gasteiger partial charge in [-0.3, -0.25) is 9.13 Å². The summed E-state index contributed by atoms with van der Waals surface area (Å²) < 4.78 is 15.0. The molecule has 8 heterocycles. The predicted octanol–water partition coefficient (Wildman–Crippen LogP) is 0.105. The molecule has 1 saturated carbocycles. The number of nitrogens with zero attached hydrogens (tertiary/aromatic N) is 16. The lowest BCUT2D eigenvalue weighted by Crippen LogP contribution is -2.33. The molecule has 0 spiro atoms. The minimum atomic E-state index is -1.35. The predicted molar refractivity (Wildman–Crippen MR) is 191 cm³/mol. The van der Waals surface area contributed by atoms with Crippen molar-refractivity contribution in [1.82, 2.24) is 79.5 Å².